The van der Waals surface area contributed by atoms with Crippen molar-refractivity contribution < 1.29 is 0 Å². The number of rotatable bonds is 3. The Morgan fingerprint density at radius 1 is 1.19 bits per heavy atom. The van der Waals surface area contributed by atoms with Crippen LogP contribution in [-0.2, 0) is 6.54 Å². The topological polar surface area (TPSA) is 43.8 Å². The van der Waals surface area contributed by atoms with Crippen LogP contribution < -0.4 is 5.73 Å². The predicted molar refractivity (Wildman–Crippen MR) is 87.9 cm³/mol. The van der Waals surface area contributed by atoms with Crippen molar-refractivity contribution in [2.24, 2.45) is 5.73 Å². The molecule has 0 amide bonds. The average molecular weight is 320 g/mol. The zero-order chi connectivity index (χ0) is 15.0. The molecule has 21 heavy (non-hydrogen) atoms. The molecule has 0 aliphatic rings. The Bertz CT molecular complexity index is 793. The Kier molecular flexibility index (Phi) is 3.89. The van der Waals surface area contributed by atoms with Crippen LogP contribution in [-0.4, -0.2) is 9.55 Å². The summed E-state index contributed by atoms with van der Waals surface area (Å²) in [6.45, 7) is 2.55. The molecule has 0 saturated heterocycles. The van der Waals surface area contributed by atoms with Crippen molar-refractivity contribution in [2.75, 3.05) is 0 Å². The van der Waals surface area contributed by atoms with Crippen LogP contribution in [0.15, 0.2) is 42.5 Å². The standard InChI is InChI=1S/C16H15Cl2N3/c1-10(19)16-20-14-4-2-3-5-15(14)21(16)9-11-6-7-12(17)8-13(11)18/h2-8,10H,9,19H2,1H3. The van der Waals surface area contributed by atoms with Crippen molar-refractivity contribution >= 4 is 34.2 Å². The van der Waals surface area contributed by atoms with Gasteiger partial charge in [-0.05, 0) is 36.8 Å². The molecule has 1 atom stereocenters. The minimum atomic E-state index is -0.150. The fourth-order valence-corrected chi connectivity index (χ4v) is 2.90. The van der Waals surface area contributed by atoms with E-state index in [4.69, 9.17) is 28.9 Å². The van der Waals surface area contributed by atoms with Crippen molar-refractivity contribution in [1.82, 2.24) is 9.55 Å². The van der Waals surface area contributed by atoms with Crippen molar-refractivity contribution in [2.45, 2.75) is 19.5 Å². The Morgan fingerprint density at radius 3 is 2.67 bits per heavy atom. The summed E-state index contributed by atoms with van der Waals surface area (Å²) in [7, 11) is 0. The van der Waals surface area contributed by atoms with E-state index in [2.05, 4.69) is 9.55 Å². The third-order valence-electron chi connectivity index (χ3n) is 3.43. The predicted octanol–water partition coefficient (Wildman–Crippen LogP) is 4.41. The van der Waals surface area contributed by atoms with Gasteiger partial charge in [-0.25, -0.2) is 4.98 Å². The molecule has 5 heteroatoms. The molecule has 1 aromatic heterocycles. The van der Waals surface area contributed by atoms with Crippen molar-refractivity contribution in [3.63, 3.8) is 0 Å². The molecule has 3 nitrogen and oxygen atoms in total. The summed E-state index contributed by atoms with van der Waals surface area (Å²) in [4.78, 5) is 4.62. The zero-order valence-corrected chi connectivity index (χ0v) is 13.1. The maximum absolute atomic E-state index is 6.28. The lowest BCUT2D eigenvalue weighted by Crippen LogP contribution is -2.14. The number of benzene rings is 2. The summed E-state index contributed by atoms with van der Waals surface area (Å²) < 4.78 is 2.11. The van der Waals surface area contributed by atoms with Gasteiger partial charge in [0, 0.05) is 10.0 Å². The first kappa shape index (κ1) is 14.4. The SMILES string of the molecule is CC(N)c1nc2ccccc2n1Cc1ccc(Cl)cc1Cl. The highest BCUT2D eigenvalue weighted by Gasteiger charge is 2.14. The molecule has 1 unspecified atom stereocenters. The summed E-state index contributed by atoms with van der Waals surface area (Å²) >= 11 is 12.2. The van der Waals surface area contributed by atoms with Gasteiger partial charge in [-0.1, -0.05) is 41.4 Å². The van der Waals surface area contributed by atoms with E-state index in [1.54, 1.807) is 6.07 Å². The molecule has 108 valence electrons. The molecule has 2 N–H and O–H groups in total. The van der Waals surface area contributed by atoms with E-state index >= 15 is 0 Å². The molecule has 0 saturated carbocycles. The fraction of sp³-hybridized carbons (Fsp3) is 0.188. The summed E-state index contributed by atoms with van der Waals surface area (Å²) in [5.74, 6) is 0.849. The van der Waals surface area contributed by atoms with Crippen LogP contribution in [0.2, 0.25) is 10.0 Å². The minimum absolute atomic E-state index is 0.150. The van der Waals surface area contributed by atoms with Gasteiger partial charge in [0.25, 0.3) is 0 Å². The normalized spacial score (nSPS) is 12.8. The Balaban J connectivity index is 2.12. The molecular formula is C16H15Cl2N3. The summed E-state index contributed by atoms with van der Waals surface area (Å²) in [6, 6.07) is 13.4. The van der Waals surface area contributed by atoms with E-state index in [1.807, 2.05) is 43.3 Å². The summed E-state index contributed by atoms with van der Waals surface area (Å²) in [5.41, 5.74) is 9.04. The molecule has 3 rings (SSSR count). The quantitative estimate of drug-likeness (QED) is 0.777. The number of aromatic nitrogens is 2. The second-order valence-corrected chi connectivity index (χ2v) is 5.91. The van der Waals surface area contributed by atoms with E-state index < -0.39 is 0 Å². The van der Waals surface area contributed by atoms with E-state index in [0.717, 1.165) is 22.4 Å². The largest absolute Gasteiger partial charge is 0.322 e. The first-order valence-corrected chi connectivity index (χ1v) is 7.46. The van der Waals surface area contributed by atoms with Gasteiger partial charge in [0.2, 0.25) is 0 Å². The number of imidazole rings is 1. The molecule has 2 aromatic carbocycles. The number of fused-ring (bicyclic) bond motifs is 1. The van der Waals surface area contributed by atoms with Gasteiger partial charge in [0.05, 0.1) is 23.6 Å². The number of hydrogen-bond donors (Lipinski definition) is 1. The van der Waals surface area contributed by atoms with Gasteiger partial charge < -0.3 is 10.3 Å². The first-order chi connectivity index (χ1) is 10.1. The van der Waals surface area contributed by atoms with Crippen molar-refractivity contribution in [1.29, 1.82) is 0 Å². The molecule has 0 aliphatic carbocycles. The second-order valence-electron chi connectivity index (χ2n) is 5.07. The average Bonchev–Trinajstić information content (AvgIpc) is 2.81. The number of halogens is 2. The lowest BCUT2D eigenvalue weighted by atomic mass is 10.2. The lowest BCUT2D eigenvalue weighted by Gasteiger charge is -2.13. The molecule has 1 heterocycles. The van der Waals surface area contributed by atoms with E-state index in [1.165, 1.54) is 0 Å². The van der Waals surface area contributed by atoms with Crippen LogP contribution in [0.3, 0.4) is 0 Å². The number of hydrogen-bond acceptors (Lipinski definition) is 2. The maximum atomic E-state index is 6.28. The van der Waals surface area contributed by atoms with Gasteiger partial charge >= 0.3 is 0 Å². The third kappa shape index (κ3) is 2.77. The monoisotopic (exact) mass is 319 g/mol. The van der Waals surface area contributed by atoms with Gasteiger partial charge in [-0.15, -0.1) is 0 Å². The highest BCUT2D eigenvalue weighted by atomic mass is 35.5. The molecule has 0 radical (unpaired) electrons. The van der Waals surface area contributed by atoms with E-state index in [0.29, 0.717) is 16.6 Å². The third-order valence-corrected chi connectivity index (χ3v) is 4.02. The highest BCUT2D eigenvalue weighted by Crippen LogP contribution is 2.25. The van der Waals surface area contributed by atoms with Crippen LogP contribution in [0.1, 0.15) is 24.4 Å². The van der Waals surface area contributed by atoms with Crippen LogP contribution in [0.25, 0.3) is 11.0 Å². The number of nitrogens with two attached hydrogens (primary N) is 1. The van der Waals surface area contributed by atoms with Crippen LogP contribution in [0, 0.1) is 0 Å². The Morgan fingerprint density at radius 2 is 1.95 bits per heavy atom. The van der Waals surface area contributed by atoms with Gasteiger partial charge in [0.1, 0.15) is 5.82 Å². The second kappa shape index (κ2) is 5.68. The van der Waals surface area contributed by atoms with Crippen molar-refractivity contribution in [3.05, 3.63) is 63.9 Å². The Hall–Kier alpha value is -1.55. The molecule has 0 bridgehead atoms. The number of para-hydroxylation sites is 2. The van der Waals surface area contributed by atoms with E-state index in [9.17, 15) is 0 Å². The van der Waals surface area contributed by atoms with Gasteiger partial charge in [-0.3, -0.25) is 0 Å². The minimum Gasteiger partial charge on any atom is -0.322 e. The smallest absolute Gasteiger partial charge is 0.126 e. The fourth-order valence-electron chi connectivity index (χ4n) is 2.43. The highest BCUT2D eigenvalue weighted by molar-refractivity contribution is 6.35. The van der Waals surface area contributed by atoms with Gasteiger partial charge in [0.15, 0.2) is 0 Å². The van der Waals surface area contributed by atoms with E-state index in [-0.39, 0.29) is 6.04 Å². The summed E-state index contributed by atoms with van der Waals surface area (Å²) in [6.07, 6.45) is 0. The maximum Gasteiger partial charge on any atom is 0.126 e. The Labute approximate surface area is 133 Å². The molecular weight excluding hydrogens is 305 g/mol. The van der Waals surface area contributed by atoms with Crippen LogP contribution >= 0.6 is 23.2 Å². The van der Waals surface area contributed by atoms with Crippen LogP contribution in [0.4, 0.5) is 0 Å². The zero-order valence-electron chi connectivity index (χ0n) is 11.6. The number of nitrogens with zero attached hydrogens (tertiary/aromatic N) is 2. The molecule has 3 aromatic rings. The van der Waals surface area contributed by atoms with Crippen molar-refractivity contribution in [3.8, 4) is 0 Å². The summed E-state index contributed by atoms with van der Waals surface area (Å²) in [5, 5.41) is 1.28. The lowest BCUT2D eigenvalue weighted by molar-refractivity contribution is 0.664. The molecule has 0 spiro atoms. The molecule has 0 fully saturated rings. The first-order valence-electron chi connectivity index (χ1n) is 6.71. The van der Waals surface area contributed by atoms with Gasteiger partial charge in [-0.2, -0.15) is 0 Å². The van der Waals surface area contributed by atoms with Crippen LogP contribution in [0.5, 0.6) is 0 Å². The molecule has 0 aliphatic heterocycles.